The van der Waals surface area contributed by atoms with Crippen LogP contribution in [0.4, 0.5) is 17.5 Å². The van der Waals surface area contributed by atoms with Gasteiger partial charge in [0.05, 0.1) is 23.8 Å². The lowest BCUT2D eigenvalue weighted by molar-refractivity contribution is -0.138. The van der Waals surface area contributed by atoms with Crippen LogP contribution in [0.1, 0.15) is 24.8 Å². The van der Waals surface area contributed by atoms with Crippen molar-refractivity contribution in [3.63, 3.8) is 0 Å². The third-order valence-electron chi connectivity index (χ3n) is 7.32. The quantitative estimate of drug-likeness (QED) is 0.387. The fourth-order valence-electron chi connectivity index (χ4n) is 5.15. The van der Waals surface area contributed by atoms with E-state index in [4.69, 9.17) is 33.3 Å². The van der Waals surface area contributed by atoms with Crippen LogP contribution in [0, 0.1) is 5.92 Å². The number of piperidine rings is 1. The molecule has 0 radical (unpaired) electrons. The minimum absolute atomic E-state index is 0.242. The number of carboxylic acids is 1. The highest BCUT2D eigenvalue weighted by atomic mass is 35.5. The highest BCUT2D eigenvalue weighted by Crippen LogP contribution is 2.30. The van der Waals surface area contributed by atoms with Crippen molar-refractivity contribution in [3.05, 3.63) is 58.3 Å². The van der Waals surface area contributed by atoms with Gasteiger partial charge < -0.3 is 20.2 Å². The molecule has 39 heavy (non-hydrogen) atoms. The number of carbonyl (C=O) groups is 1. The van der Waals surface area contributed by atoms with Gasteiger partial charge in [0.15, 0.2) is 0 Å². The smallest absolute Gasteiger partial charge is 0.303 e. The lowest BCUT2D eigenvalue weighted by atomic mass is 9.93. The van der Waals surface area contributed by atoms with Gasteiger partial charge in [-0.2, -0.15) is 0 Å². The Kier molecular flexibility index (Phi) is 8.82. The fraction of sp³-hybridized carbons (Fsp3) is 0.429. The van der Waals surface area contributed by atoms with Crippen molar-refractivity contribution in [3.8, 4) is 11.3 Å². The number of likely N-dealkylation sites (N-methyl/N-ethyl adjacent to an activating group) is 1. The third-order valence-corrected chi connectivity index (χ3v) is 7.75. The van der Waals surface area contributed by atoms with Gasteiger partial charge in [0.25, 0.3) is 0 Å². The second kappa shape index (κ2) is 12.5. The van der Waals surface area contributed by atoms with Crippen LogP contribution >= 0.6 is 23.2 Å². The second-order valence-corrected chi connectivity index (χ2v) is 11.3. The van der Waals surface area contributed by atoms with Gasteiger partial charge in [-0.3, -0.25) is 9.69 Å². The number of rotatable bonds is 8. The number of aliphatic carboxylic acids is 1. The monoisotopic (exact) mass is 569 g/mol. The number of nitrogens with zero attached hydrogens (tertiary/aromatic N) is 6. The van der Waals surface area contributed by atoms with E-state index in [-0.39, 0.29) is 12.3 Å². The molecule has 3 aromatic rings. The van der Waals surface area contributed by atoms with Crippen molar-refractivity contribution in [2.45, 2.75) is 25.8 Å². The summed E-state index contributed by atoms with van der Waals surface area (Å²) in [5.74, 6) is 0.932. The minimum atomic E-state index is -0.719. The maximum Gasteiger partial charge on any atom is 0.303 e. The number of piperazine rings is 1. The van der Waals surface area contributed by atoms with E-state index in [0.29, 0.717) is 15.9 Å². The lowest BCUT2D eigenvalue weighted by Gasteiger charge is -2.32. The maximum atomic E-state index is 11.1. The topological polar surface area (TPSA) is 97.7 Å². The number of hydrogen-bond acceptors (Lipinski definition) is 8. The van der Waals surface area contributed by atoms with Crippen molar-refractivity contribution in [2.24, 2.45) is 5.92 Å². The van der Waals surface area contributed by atoms with Crippen molar-refractivity contribution in [2.75, 3.05) is 56.5 Å². The van der Waals surface area contributed by atoms with Gasteiger partial charge in [0.2, 0.25) is 5.95 Å². The predicted molar refractivity (Wildman–Crippen MR) is 155 cm³/mol. The standard InChI is InChI=1S/C28H33Cl2N7O2/c1-35-6-8-37(9-7-35)28-31-16-24(17-32-28)33-26-11-20(18-36-4-2-19(3-5-36)12-27(38)39)10-25(34-26)21-13-22(29)15-23(30)14-21/h10-11,13-17,19H,2-9,12,18H2,1H3,(H,33,34)(H,38,39). The molecule has 2 aromatic heterocycles. The van der Waals surface area contributed by atoms with E-state index in [2.05, 4.69) is 43.1 Å². The van der Waals surface area contributed by atoms with Crippen LogP contribution in [0.2, 0.25) is 10.0 Å². The van der Waals surface area contributed by atoms with Crippen LogP contribution in [-0.4, -0.2) is 82.1 Å². The van der Waals surface area contributed by atoms with Crippen LogP contribution in [0.25, 0.3) is 11.3 Å². The molecule has 9 nitrogen and oxygen atoms in total. The molecular weight excluding hydrogens is 537 g/mol. The highest BCUT2D eigenvalue weighted by molar-refractivity contribution is 6.35. The average molecular weight is 571 g/mol. The second-order valence-electron chi connectivity index (χ2n) is 10.4. The first-order chi connectivity index (χ1) is 18.8. The summed E-state index contributed by atoms with van der Waals surface area (Å²) < 4.78 is 0. The van der Waals surface area contributed by atoms with Crippen molar-refractivity contribution < 1.29 is 9.90 Å². The van der Waals surface area contributed by atoms with E-state index in [9.17, 15) is 4.79 Å². The molecule has 2 aliphatic rings. The molecular formula is C28H33Cl2N7O2. The van der Waals surface area contributed by atoms with E-state index < -0.39 is 5.97 Å². The summed E-state index contributed by atoms with van der Waals surface area (Å²) in [5.41, 5.74) is 3.43. The van der Waals surface area contributed by atoms with Gasteiger partial charge in [-0.25, -0.2) is 15.0 Å². The lowest BCUT2D eigenvalue weighted by Crippen LogP contribution is -2.45. The zero-order valence-corrected chi connectivity index (χ0v) is 23.5. The molecule has 0 atom stereocenters. The van der Waals surface area contributed by atoms with Gasteiger partial charge >= 0.3 is 5.97 Å². The molecule has 0 amide bonds. The first-order valence-corrected chi connectivity index (χ1v) is 14.0. The van der Waals surface area contributed by atoms with Gasteiger partial charge in [-0.05, 0) is 74.8 Å². The van der Waals surface area contributed by atoms with E-state index >= 15 is 0 Å². The largest absolute Gasteiger partial charge is 0.481 e. The Hall–Kier alpha value is -2.98. The molecule has 0 saturated carbocycles. The minimum Gasteiger partial charge on any atom is -0.481 e. The number of anilines is 3. The number of carboxylic acid groups (broad SMARTS) is 1. The zero-order valence-electron chi connectivity index (χ0n) is 22.0. The molecule has 2 aliphatic heterocycles. The summed E-state index contributed by atoms with van der Waals surface area (Å²) in [4.78, 5) is 32.0. The molecule has 2 saturated heterocycles. The molecule has 0 bridgehead atoms. The third kappa shape index (κ3) is 7.57. The zero-order chi connectivity index (χ0) is 27.4. The summed E-state index contributed by atoms with van der Waals surface area (Å²) >= 11 is 12.6. The van der Waals surface area contributed by atoms with Crippen LogP contribution in [0.5, 0.6) is 0 Å². The molecule has 206 valence electrons. The molecule has 0 spiro atoms. The Morgan fingerprint density at radius 3 is 2.28 bits per heavy atom. The molecule has 1 aromatic carbocycles. The number of aromatic nitrogens is 3. The van der Waals surface area contributed by atoms with Crippen LogP contribution < -0.4 is 10.2 Å². The van der Waals surface area contributed by atoms with Gasteiger partial charge in [0, 0.05) is 54.8 Å². The molecule has 0 aliphatic carbocycles. The summed E-state index contributed by atoms with van der Waals surface area (Å²) in [6.07, 6.45) is 5.59. The Balaban J connectivity index is 1.35. The van der Waals surface area contributed by atoms with E-state index in [0.717, 1.165) is 87.1 Å². The van der Waals surface area contributed by atoms with Gasteiger partial charge in [-0.15, -0.1) is 0 Å². The Bertz CT molecular complexity index is 1270. The van der Waals surface area contributed by atoms with E-state index in [1.165, 1.54) is 0 Å². The number of likely N-dealkylation sites (tertiary alicyclic amines) is 1. The normalized spacial score (nSPS) is 17.4. The SMILES string of the molecule is CN1CCN(c2ncc(Nc3cc(CN4CCC(CC(=O)O)CC4)cc(-c4cc(Cl)cc(Cl)c4)n3)cn2)CC1. The van der Waals surface area contributed by atoms with E-state index in [1.54, 1.807) is 18.5 Å². The summed E-state index contributed by atoms with van der Waals surface area (Å²) in [7, 11) is 2.12. The molecule has 5 rings (SSSR count). The summed E-state index contributed by atoms with van der Waals surface area (Å²) in [5, 5.41) is 13.6. The van der Waals surface area contributed by atoms with Crippen molar-refractivity contribution in [1.29, 1.82) is 0 Å². The average Bonchev–Trinajstić information content (AvgIpc) is 2.90. The van der Waals surface area contributed by atoms with E-state index in [1.807, 2.05) is 18.2 Å². The number of nitrogens with one attached hydrogen (secondary N) is 1. The van der Waals surface area contributed by atoms with Gasteiger partial charge in [0.1, 0.15) is 5.82 Å². The van der Waals surface area contributed by atoms with Crippen LogP contribution in [0.3, 0.4) is 0 Å². The summed E-state index contributed by atoms with van der Waals surface area (Å²) in [6, 6.07) is 9.51. The number of halogens is 2. The summed E-state index contributed by atoms with van der Waals surface area (Å²) in [6.45, 7) is 6.27. The Morgan fingerprint density at radius 1 is 0.974 bits per heavy atom. The van der Waals surface area contributed by atoms with Crippen LogP contribution in [-0.2, 0) is 11.3 Å². The first-order valence-electron chi connectivity index (χ1n) is 13.2. The van der Waals surface area contributed by atoms with Crippen molar-refractivity contribution in [1.82, 2.24) is 24.8 Å². The molecule has 2 N–H and O–H groups in total. The first kappa shape index (κ1) is 27.6. The fourth-order valence-corrected chi connectivity index (χ4v) is 5.68. The molecule has 11 heteroatoms. The highest BCUT2D eigenvalue weighted by Gasteiger charge is 2.22. The Morgan fingerprint density at radius 2 is 1.64 bits per heavy atom. The van der Waals surface area contributed by atoms with Crippen LogP contribution in [0.15, 0.2) is 42.7 Å². The maximum absolute atomic E-state index is 11.1. The van der Waals surface area contributed by atoms with Gasteiger partial charge in [-0.1, -0.05) is 23.2 Å². The number of pyridine rings is 1. The Labute approximate surface area is 238 Å². The molecule has 0 unspecified atom stereocenters. The predicted octanol–water partition coefficient (Wildman–Crippen LogP) is 5.03. The number of hydrogen-bond donors (Lipinski definition) is 2. The number of benzene rings is 1. The molecule has 4 heterocycles. The molecule has 2 fully saturated rings. The van der Waals surface area contributed by atoms with Crippen molar-refractivity contribution >= 4 is 46.6 Å².